The molecule has 0 saturated carbocycles. The summed E-state index contributed by atoms with van der Waals surface area (Å²) in [7, 11) is 1.51. The average molecular weight is 337 g/mol. The van der Waals surface area contributed by atoms with Gasteiger partial charge >= 0.3 is 5.97 Å². The van der Waals surface area contributed by atoms with Gasteiger partial charge in [0.15, 0.2) is 0 Å². The highest BCUT2D eigenvalue weighted by Gasteiger charge is 2.48. The fraction of sp³-hybridized carbons (Fsp3) is 0.769. The maximum absolute atomic E-state index is 11.5. The van der Waals surface area contributed by atoms with Gasteiger partial charge in [0.2, 0.25) is 11.9 Å². The lowest BCUT2D eigenvalue weighted by Crippen LogP contribution is -2.49. The van der Waals surface area contributed by atoms with E-state index in [1.807, 2.05) is 13.8 Å². The molecular weight excluding hydrogens is 316 g/mol. The van der Waals surface area contributed by atoms with Crippen LogP contribution >= 0.6 is 15.9 Å². The average Bonchev–Trinajstić information content (AvgIpc) is 2.78. The Morgan fingerprint density at radius 2 is 2.00 bits per heavy atom. The van der Waals surface area contributed by atoms with Crippen LogP contribution in [0, 0.1) is 0 Å². The third kappa shape index (κ3) is 3.94. The molecule has 1 rings (SSSR count). The number of methoxy groups -OCH3 is 1. The fourth-order valence-electron chi connectivity index (χ4n) is 2.14. The Hall–Kier alpha value is -0.590. The first kappa shape index (κ1) is 16.5. The second-order valence-corrected chi connectivity index (χ2v) is 4.83. The van der Waals surface area contributed by atoms with Gasteiger partial charge in [0.1, 0.15) is 5.76 Å². The van der Waals surface area contributed by atoms with E-state index in [1.165, 1.54) is 13.2 Å². The summed E-state index contributed by atoms with van der Waals surface area (Å²) in [6, 6.07) is 0. The van der Waals surface area contributed by atoms with E-state index in [1.54, 1.807) is 0 Å². The standard InChI is InChI=1S/C13H21BrO5/c1-4-17-13(18-5-2,7-6-8-14)12-10(16-3)9-11(15)19-12/h9,12H,4-8H2,1-3H3. The molecule has 0 aromatic carbocycles. The highest BCUT2D eigenvalue weighted by atomic mass is 79.9. The quantitative estimate of drug-likeness (QED) is 0.367. The van der Waals surface area contributed by atoms with E-state index in [9.17, 15) is 4.79 Å². The van der Waals surface area contributed by atoms with Crippen LogP contribution in [-0.4, -0.2) is 43.5 Å². The molecule has 0 fully saturated rings. The van der Waals surface area contributed by atoms with E-state index in [-0.39, 0.29) is 0 Å². The van der Waals surface area contributed by atoms with Gasteiger partial charge in [-0.15, -0.1) is 0 Å². The van der Waals surface area contributed by atoms with E-state index in [0.29, 0.717) is 25.4 Å². The van der Waals surface area contributed by atoms with Crippen LogP contribution in [-0.2, 0) is 23.7 Å². The topological polar surface area (TPSA) is 54.0 Å². The lowest BCUT2D eigenvalue weighted by molar-refractivity contribution is -0.280. The summed E-state index contributed by atoms with van der Waals surface area (Å²) in [4.78, 5) is 11.5. The largest absolute Gasteiger partial charge is 0.497 e. The van der Waals surface area contributed by atoms with Gasteiger partial charge in [0.05, 0.1) is 13.2 Å². The number of ether oxygens (including phenoxy) is 4. The van der Waals surface area contributed by atoms with Crippen LogP contribution in [0.15, 0.2) is 11.8 Å². The lowest BCUT2D eigenvalue weighted by atomic mass is 10.0. The number of esters is 1. The summed E-state index contributed by atoms with van der Waals surface area (Å²) in [6.07, 6.45) is 2.14. The molecule has 0 amide bonds. The lowest BCUT2D eigenvalue weighted by Gasteiger charge is -2.37. The number of carbonyl (C=O) groups excluding carboxylic acids is 1. The molecule has 6 heteroatoms. The molecule has 0 aliphatic carbocycles. The minimum absolute atomic E-state index is 0.426. The van der Waals surface area contributed by atoms with Crippen molar-refractivity contribution in [1.82, 2.24) is 0 Å². The Morgan fingerprint density at radius 3 is 2.47 bits per heavy atom. The molecule has 1 atom stereocenters. The van der Waals surface area contributed by atoms with Crippen LogP contribution in [0.1, 0.15) is 26.7 Å². The summed E-state index contributed by atoms with van der Waals surface area (Å²) < 4.78 is 22.1. The van der Waals surface area contributed by atoms with E-state index < -0.39 is 17.9 Å². The molecule has 1 aliphatic rings. The van der Waals surface area contributed by atoms with E-state index in [2.05, 4.69) is 15.9 Å². The molecule has 0 N–H and O–H groups in total. The Kier molecular flexibility index (Phi) is 6.82. The zero-order valence-electron chi connectivity index (χ0n) is 11.6. The van der Waals surface area contributed by atoms with Gasteiger partial charge < -0.3 is 18.9 Å². The highest BCUT2D eigenvalue weighted by Crippen LogP contribution is 2.34. The molecule has 0 spiro atoms. The first-order valence-electron chi connectivity index (χ1n) is 6.43. The molecule has 0 aromatic heterocycles. The third-order valence-electron chi connectivity index (χ3n) is 2.82. The zero-order valence-corrected chi connectivity index (χ0v) is 13.2. The van der Waals surface area contributed by atoms with Crippen molar-refractivity contribution in [3.63, 3.8) is 0 Å². The summed E-state index contributed by atoms with van der Waals surface area (Å²) in [5, 5.41) is 0.821. The molecular formula is C13H21BrO5. The predicted octanol–water partition coefficient (Wildman–Crippen LogP) is 2.39. The van der Waals surface area contributed by atoms with E-state index in [4.69, 9.17) is 18.9 Å². The van der Waals surface area contributed by atoms with Crippen molar-refractivity contribution in [3.8, 4) is 0 Å². The molecule has 110 valence electrons. The normalized spacial score (nSPS) is 19.3. The molecule has 1 aliphatic heterocycles. The van der Waals surface area contributed by atoms with Gasteiger partial charge in [0.25, 0.3) is 0 Å². The van der Waals surface area contributed by atoms with Crippen LogP contribution in [0.3, 0.4) is 0 Å². The molecule has 1 unspecified atom stereocenters. The van der Waals surface area contributed by atoms with E-state index >= 15 is 0 Å². The van der Waals surface area contributed by atoms with Gasteiger partial charge in [-0.2, -0.15) is 0 Å². The first-order chi connectivity index (χ1) is 9.13. The van der Waals surface area contributed by atoms with Crippen LogP contribution in [0.4, 0.5) is 0 Å². The zero-order chi connectivity index (χ0) is 14.3. The van der Waals surface area contributed by atoms with Gasteiger partial charge in [-0.25, -0.2) is 4.79 Å². The molecule has 0 saturated heterocycles. The van der Waals surface area contributed by atoms with Crippen molar-refractivity contribution in [2.45, 2.75) is 38.6 Å². The summed E-state index contributed by atoms with van der Waals surface area (Å²) in [6.45, 7) is 4.70. The first-order valence-corrected chi connectivity index (χ1v) is 7.55. The monoisotopic (exact) mass is 336 g/mol. The van der Waals surface area contributed by atoms with Crippen molar-refractivity contribution in [2.24, 2.45) is 0 Å². The van der Waals surface area contributed by atoms with Gasteiger partial charge in [0, 0.05) is 25.0 Å². The van der Waals surface area contributed by atoms with Gasteiger partial charge in [-0.05, 0) is 20.3 Å². The number of carbonyl (C=O) groups is 1. The third-order valence-corrected chi connectivity index (χ3v) is 3.38. The smallest absolute Gasteiger partial charge is 0.335 e. The Bertz CT molecular complexity index is 323. The molecule has 1 heterocycles. The number of rotatable bonds is 9. The SMILES string of the molecule is CCOC(CCCBr)(OCC)C1OC(=O)C=C1OC. The van der Waals surface area contributed by atoms with Crippen LogP contribution in [0.5, 0.6) is 0 Å². The molecule has 5 nitrogen and oxygen atoms in total. The summed E-state index contributed by atoms with van der Waals surface area (Å²) in [5.74, 6) is -0.961. The molecule has 0 radical (unpaired) electrons. The Balaban J connectivity index is 2.99. The molecule has 0 aromatic rings. The van der Waals surface area contributed by atoms with E-state index in [0.717, 1.165) is 11.8 Å². The summed E-state index contributed by atoms with van der Waals surface area (Å²) >= 11 is 3.39. The van der Waals surface area contributed by atoms with Crippen LogP contribution < -0.4 is 0 Å². The maximum Gasteiger partial charge on any atom is 0.335 e. The fourth-order valence-corrected chi connectivity index (χ4v) is 2.42. The second-order valence-electron chi connectivity index (χ2n) is 4.04. The molecule has 19 heavy (non-hydrogen) atoms. The van der Waals surface area contributed by atoms with Crippen LogP contribution in [0.2, 0.25) is 0 Å². The van der Waals surface area contributed by atoms with Gasteiger partial charge in [-0.1, -0.05) is 15.9 Å². The van der Waals surface area contributed by atoms with Crippen molar-refractivity contribution >= 4 is 21.9 Å². The predicted molar refractivity (Wildman–Crippen MR) is 74.0 cm³/mol. The highest BCUT2D eigenvalue weighted by molar-refractivity contribution is 9.09. The van der Waals surface area contributed by atoms with Crippen molar-refractivity contribution in [1.29, 1.82) is 0 Å². The Morgan fingerprint density at radius 1 is 1.37 bits per heavy atom. The number of cyclic esters (lactones) is 1. The van der Waals surface area contributed by atoms with Gasteiger partial charge in [-0.3, -0.25) is 0 Å². The maximum atomic E-state index is 11.5. The minimum atomic E-state index is -0.981. The number of halogens is 1. The second kappa shape index (κ2) is 7.87. The van der Waals surface area contributed by atoms with Crippen molar-refractivity contribution in [3.05, 3.63) is 11.8 Å². The number of alkyl halides is 1. The number of hydrogen-bond acceptors (Lipinski definition) is 5. The summed E-state index contributed by atoms with van der Waals surface area (Å²) in [5.41, 5.74) is 0. The van der Waals surface area contributed by atoms with Crippen molar-refractivity contribution in [2.75, 3.05) is 25.7 Å². The molecule has 0 bridgehead atoms. The van der Waals surface area contributed by atoms with Crippen molar-refractivity contribution < 1.29 is 23.7 Å². The van der Waals surface area contributed by atoms with Crippen LogP contribution in [0.25, 0.3) is 0 Å². The Labute approximate surface area is 122 Å². The minimum Gasteiger partial charge on any atom is -0.497 e. The number of hydrogen-bond donors (Lipinski definition) is 0.